The van der Waals surface area contributed by atoms with E-state index in [1.165, 1.54) is 22.2 Å². The van der Waals surface area contributed by atoms with E-state index in [4.69, 9.17) is 5.11 Å². The van der Waals surface area contributed by atoms with Crippen LogP contribution in [-0.2, 0) is 17.8 Å². The van der Waals surface area contributed by atoms with Crippen molar-refractivity contribution in [3.63, 3.8) is 0 Å². The number of thiophene rings is 1. The highest BCUT2D eigenvalue weighted by Crippen LogP contribution is 2.30. The van der Waals surface area contributed by atoms with Gasteiger partial charge in [0.1, 0.15) is 5.25 Å². The zero-order chi connectivity index (χ0) is 16.4. The summed E-state index contributed by atoms with van der Waals surface area (Å²) in [7, 11) is 0. The van der Waals surface area contributed by atoms with Crippen LogP contribution in [-0.4, -0.2) is 33.7 Å². The van der Waals surface area contributed by atoms with E-state index in [1.807, 2.05) is 23.1 Å². The summed E-state index contributed by atoms with van der Waals surface area (Å²) in [6, 6.07) is 9.38. The molecule has 1 N–H and O–H groups in total. The minimum absolute atomic E-state index is 0.0234. The molecule has 1 amide bonds. The lowest BCUT2D eigenvalue weighted by atomic mass is 10.1. The predicted molar refractivity (Wildman–Crippen MR) is 92.2 cm³/mol. The second-order valence-corrected chi connectivity index (χ2v) is 7.82. The fourth-order valence-electron chi connectivity index (χ4n) is 2.57. The van der Waals surface area contributed by atoms with Gasteiger partial charge in [0, 0.05) is 16.3 Å². The first-order chi connectivity index (χ1) is 11.1. The van der Waals surface area contributed by atoms with Gasteiger partial charge in [-0.3, -0.25) is 9.59 Å². The molecule has 2 heterocycles. The third-order valence-corrected chi connectivity index (χ3v) is 5.99. The van der Waals surface area contributed by atoms with Gasteiger partial charge in [-0.05, 0) is 42.5 Å². The van der Waals surface area contributed by atoms with Crippen molar-refractivity contribution in [2.75, 3.05) is 6.54 Å². The molecule has 0 radical (unpaired) electrons. The molecule has 0 saturated carbocycles. The molecule has 23 heavy (non-hydrogen) atoms. The lowest BCUT2D eigenvalue weighted by molar-refractivity contribution is -0.136. The summed E-state index contributed by atoms with van der Waals surface area (Å²) < 4.78 is 0. The van der Waals surface area contributed by atoms with E-state index in [9.17, 15) is 9.59 Å². The summed E-state index contributed by atoms with van der Waals surface area (Å²) in [5.41, 5.74) is 1.92. The monoisotopic (exact) mass is 347 g/mol. The minimum atomic E-state index is -0.876. The maximum atomic E-state index is 12.9. The molecule has 2 aromatic rings. The Labute approximate surface area is 143 Å². The largest absolute Gasteiger partial charge is 0.480 e. The lowest BCUT2D eigenvalue weighted by Crippen LogP contribution is -2.35. The lowest BCUT2D eigenvalue weighted by Gasteiger charge is -2.27. The highest BCUT2D eigenvalue weighted by molar-refractivity contribution is 8.00. The van der Waals surface area contributed by atoms with Crippen LogP contribution < -0.4 is 0 Å². The topological polar surface area (TPSA) is 57.6 Å². The van der Waals surface area contributed by atoms with Gasteiger partial charge in [-0.2, -0.15) is 0 Å². The molecule has 1 atom stereocenters. The van der Waals surface area contributed by atoms with E-state index in [1.54, 1.807) is 24.3 Å². The third kappa shape index (κ3) is 3.43. The number of benzene rings is 1. The molecular formula is C17H17NO3S2. The Morgan fingerprint density at radius 2 is 2.09 bits per heavy atom. The Kier molecular flexibility index (Phi) is 4.73. The zero-order valence-corrected chi connectivity index (χ0v) is 14.3. The van der Waals surface area contributed by atoms with Crippen molar-refractivity contribution in [1.82, 2.24) is 4.90 Å². The summed E-state index contributed by atoms with van der Waals surface area (Å²) in [5.74, 6) is -0.900. The predicted octanol–water partition coefficient (Wildman–Crippen LogP) is 3.51. The fourth-order valence-corrected chi connectivity index (χ4v) is 4.44. The van der Waals surface area contributed by atoms with Gasteiger partial charge in [0.25, 0.3) is 5.91 Å². The van der Waals surface area contributed by atoms with Crippen LogP contribution in [0.2, 0.25) is 0 Å². The maximum Gasteiger partial charge on any atom is 0.316 e. The van der Waals surface area contributed by atoms with Crippen molar-refractivity contribution in [3.8, 4) is 0 Å². The molecular weight excluding hydrogens is 330 g/mol. The van der Waals surface area contributed by atoms with Crippen LogP contribution in [0.5, 0.6) is 0 Å². The molecule has 120 valence electrons. The van der Waals surface area contributed by atoms with Gasteiger partial charge in [0.2, 0.25) is 0 Å². The number of nitrogens with zero attached hydrogens (tertiary/aromatic N) is 1. The molecule has 0 bridgehead atoms. The second kappa shape index (κ2) is 6.76. The number of thioether (sulfide) groups is 1. The Bertz CT molecular complexity index is 741. The average Bonchev–Trinajstić information content (AvgIpc) is 3.02. The van der Waals surface area contributed by atoms with Crippen molar-refractivity contribution in [2.45, 2.75) is 30.0 Å². The van der Waals surface area contributed by atoms with Gasteiger partial charge in [-0.1, -0.05) is 12.1 Å². The number of amides is 1. The summed E-state index contributed by atoms with van der Waals surface area (Å²) in [4.78, 5) is 27.8. The van der Waals surface area contributed by atoms with Gasteiger partial charge >= 0.3 is 5.97 Å². The van der Waals surface area contributed by atoms with Crippen molar-refractivity contribution < 1.29 is 14.7 Å². The average molecular weight is 347 g/mol. The molecule has 6 heteroatoms. The number of carbonyl (C=O) groups is 2. The SMILES string of the molecule is CC(Sc1ccccc1C(=O)N1CCc2ccsc2C1)C(=O)O. The number of rotatable bonds is 4. The van der Waals surface area contributed by atoms with E-state index in [-0.39, 0.29) is 5.91 Å². The van der Waals surface area contributed by atoms with E-state index in [0.717, 1.165) is 11.3 Å². The van der Waals surface area contributed by atoms with Crippen LogP contribution in [0.4, 0.5) is 0 Å². The Balaban J connectivity index is 1.82. The first-order valence-corrected chi connectivity index (χ1v) is 9.15. The van der Waals surface area contributed by atoms with Crippen LogP contribution in [0, 0.1) is 0 Å². The Morgan fingerprint density at radius 3 is 2.87 bits per heavy atom. The van der Waals surface area contributed by atoms with E-state index >= 15 is 0 Å². The second-order valence-electron chi connectivity index (χ2n) is 5.44. The summed E-state index contributed by atoms with van der Waals surface area (Å²) in [6.07, 6.45) is 0.880. The summed E-state index contributed by atoms with van der Waals surface area (Å²) in [5, 5.41) is 10.6. The van der Waals surface area contributed by atoms with Crippen LogP contribution in [0.1, 0.15) is 27.7 Å². The molecule has 0 saturated heterocycles. The minimum Gasteiger partial charge on any atom is -0.480 e. The Hall–Kier alpha value is -1.79. The number of carboxylic acids is 1. The number of hydrogen-bond donors (Lipinski definition) is 1. The van der Waals surface area contributed by atoms with Crippen molar-refractivity contribution in [3.05, 3.63) is 51.7 Å². The molecule has 3 rings (SSSR count). The molecule has 1 aromatic carbocycles. The number of carbonyl (C=O) groups excluding carboxylic acids is 1. The number of fused-ring (bicyclic) bond motifs is 1. The van der Waals surface area contributed by atoms with Crippen LogP contribution >= 0.6 is 23.1 Å². The number of hydrogen-bond acceptors (Lipinski definition) is 4. The van der Waals surface area contributed by atoms with Gasteiger partial charge in [0.15, 0.2) is 0 Å². The van der Waals surface area contributed by atoms with Crippen molar-refractivity contribution >= 4 is 35.0 Å². The van der Waals surface area contributed by atoms with E-state index in [2.05, 4.69) is 11.4 Å². The molecule has 0 spiro atoms. The van der Waals surface area contributed by atoms with E-state index in [0.29, 0.717) is 18.7 Å². The zero-order valence-electron chi connectivity index (χ0n) is 12.7. The van der Waals surface area contributed by atoms with Crippen LogP contribution in [0.15, 0.2) is 40.6 Å². The molecule has 1 aliphatic heterocycles. The number of aliphatic carboxylic acids is 1. The molecule has 0 aliphatic carbocycles. The van der Waals surface area contributed by atoms with Gasteiger partial charge < -0.3 is 10.0 Å². The quantitative estimate of drug-likeness (QED) is 0.860. The fraction of sp³-hybridized carbons (Fsp3) is 0.294. The molecule has 4 nitrogen and oxygen atoms in total. The third-order valence-electron chi connectivity index (χ3n) is 3.88. The van der Waals surface area contributed by atoms with Gasteiger partial charge in [0.05, 0.1) is 12.1 Å². The molecule has 0 fully saturated rings. The molecule has 1 aliphatic rings. The number of carboxylic acid groups (broad SMARTS) is 1. The summed E-state index contributed by atoms with van der Waals surface area (Å²) in [6.45, 7) is 2.97. The van der Waals surface area contributed by atoms with Gasteiger partial charge in [-0.25, -0.2) is 0 Å². The van der Waals surface area contributed by atoms with E-state index < -0.39 is 11.2 Å². The highest BCUT2D eigenvalue weighted by Gasteiger charge is 2.25. The Morgan fingerprint density at radius 1 is 1.30 bits per heavy atom. The standard InChI is InChI=1S/C17H17NO3S2/c1-11(17(20)21)23-14-5-3-2-4-13(14)16(19)18-8-6-12-7-9-22-15(12)10-18/h2-5,7,9,11H,6,8,10H2,1H3,(H,20,21). The summed E-state index contributed by atoms with van der Waals surface area (Å²) >= 11 is 2.90. The maximum absolute atomic E-state index is 12.9. The highest BCUT2D eigenvalue weighted by atomic mass is 32.2. The normalized spacial score (nSPS) is 15.1. The van der Waals surface area contributed by atoms with Crippen LogP contribution in [0.25, 0.3) is 0 Å². The molecule has 1 unspecified atom stereocenters. The van der Waals surface area contributed by atoms with Crippen molar-refractivity contribution in [1.29, 1.82) is 0 Å². The van der Waals surface area contributed by atoms with Gasteiger partial charge in [-0.15, -0.1) is 23.1 Å². The van der Waals surface area contributed by atoms with Crippen LogP contribution in [0.3, 0.4) is 0 Å². The first-order valence-electron chi connectivity index (χ1n) is 7.39. The first kappa shape index (κ1) is 16.1. The molecule has 1 aromatic heterocycles. The van der Waals surface area contributed by atoms with Crippen molar-refractivity contribution in [2.24, 2.45) is 0 Å². The smallest absolute Gasteiger partial charge is 0.316 e.